The minimum atomic E-state index is -0.475. The van der Waals surface area contributed by atoms with Crippen molar-refractivity contribution >= 4 is 11.6 Å². The molecule has 0 saturated carbocycles. The van der Waals surface area contributed by atoms with Crippen molar-refractivity contribution in [2.24, 2.45) is 0 Å². The van der Waals surface area contributed by atoms with Crippen molar-refractivity contribution in [1.82, 2.24) is 10.6 Å². The molecule has 2 rings (SSSR count). The second-order valence-corrected chi connectivity index (χ2v) is 4.04. The maximum absolute atomic E-state index is 11.9. The Labute approximate surface area is 98.2 Å². The molecule has 0 aromatic heterocycles. The summed E-state index contributed by atoms with van der Waals surface area (Å²) in [6.45, 7) is 3.09. The second-order valence-electron chi connectivity index (χ2n) is 4.04. The number of nitrogens with zero attached hydrogens (tertiary/aromatic N) is 1. The predicted molar refractivity (Wildman–Crippen MR) is 62.0 cm³/mol. The first-order valence-electron chi connectivity index (χ1n) is 5.35. The first kappa shape index (κ1) is 11.5. The summed E-state index contributed by atoms with van der Waals surface area (Å²) in [4.78, 5) is 22.2. The predicted octanol–water partition coefficient (Wildman–Crippen LogP) is 0.605. The van der Waals surface area contributed by atoms with Crippen molar-refractivity contribution in [2.45, 2.75) is 13.0 Å². The number of amides is 1. The maximum Gasteiger partial charge on any atom is 0.273 e. The molecule has 90 valence electrons. The fourth-order valence-corrected chi connectivity index (χ4v) is 1.72. The number of nitrogens with one attached hydrogen (secondary N) is 2. The van der Waals surface area contributed by atoms with Gasteiger partial charge in [0.15, 0.2) is 0 Å². The molecule has 0 spiro atoms. The van der Waals surface area contributed by atoms with Crippen molar-refractivity contribution in [3.05, 3.63) is 39.4 Å². The van der Waals surface area contributed by atoms with E-state index in [0.29, 0.717) is 11.1 Å². The van der Waals surface area contributed by atoms with Crippen LogP contribution in [0.25, 0.3) is 0 Å². The van der Waals surface area contributed by atoms with Crippen LogP contribution in [0.3, 0.4) is 0 Å². The molecule has 1 aromatic rings. The number of nitro groups is 1. The zero-order valence-electron chi connectivity index (χ0n) is 9.40. The Kier molecular flexibility index (Phi) is 3.06. The van der Waals surface area contributed by atoms with Crippen LogP contribution in [0.5, 0.6) is 0 Å². The lowest BCUT2D eigenvalue weighted by Gasteiger charge is -2.28. The average molecular weight is 235 g/mol. The Bertz CT molecular complexity index is 469. The fourth-order valence-electron chi connectivity index (χ4n) is 1.72. The molecule has 17 heavy (non-hydrogen) atoms. The van der Waals surface area contributed by atoms with E-state index >= 15 is 0 Å². The van der Waals surface area contributed by atoms with E-state index in [1.807, 2.05) is 0 Å². The summed E-state index contributed by atoms with van der Waals surface area (Å²) in [7, 11) is 0. The van der Waals surface area contributed by atoms with E-state index in [4.69, 9.17) is 0 Å². The molecular weight excluding hydrogens is 222 g/mol. The van der Waals surface area contributed by atoms with Gasteiger partial charge in [-0.25, -0.2) is 0 Å². The molecule has 1 fully saturated rings. The molecule has 1 saturated heterocycles. The highest BCUT2D eigenvalue weighted by molar-refractivity contribution is 5.96. The quantitative estimate of drug-likeness (QED) is 0.593. The first-order valence-corrected chi connectivity index (χ1v) is 5.35. The van der Waals surface area contributed by atoms with Crippen LogP contribution in [0.2, 0.25) is 0 Å². The van der Waals surface area contributed by atoms with E-state index in [1.165, 1.54) is 12.1 Å². The smallest absolute Gasteiger partial charge is 0.273 e. The number of hydrogen-bond acceptors (Lipinski definition) is 4. The average Bonchev–Trinajstić information content (AvgIpc) is 2.23. The van der Waals surface area contributed by atoms with Crippen molar-refractivity contribution < 1.29 is 9.72 Å². The third-order valence-electron chi connectivity index (χ3n) is 2.86. The number of hydrogen-bond donors (Lipinski definition) is 2. The monoisotopic (exact) mass is 235 g/mol. The third-order valence-corrected chi connectivity index (χ3v) is 2.86. The lowest BCUT2D eigenvalue weighted by atomic mass is 10.1. The van der Waals surface area contributed by atoms with Gasteiger partial charge >= 0.3 is 0 Å². The molecule has 0 radical (unpaired) electrons. The van der Waals surface area contributed by atoms with Crippen LogP contribution in [0.15, 0.2) is 18.2 Å². The van der Waals surface area contributed by atoms with Gasteiger partial charge in [-0.3, -0.25) is 14.9 Å². The van der Waals surface area contributed by atoms with Gasteiger partial charge in [-0.05, 0) is 13.0 Å². The van der Waals surface area contributed by atoms with Gasteiger partial charge in [0.2, 0.25) is 0 Å². The highest BCUT2D eigenvalue weighted by Gasteiger charge is 2.22. The highest BCUT2D eigenvalue weighted by atomic mass is 16.6. The van der Waals surface area contributed by atoms with E-state index < -0.39 is 4.92 Å². The summed E-state index contributed by atoms with van der Waals surface area (Å²) in [5, 5.41) is 16.6. The third kappa shape index (κ3) is 2.26. The van der Waals surface area contributed by atoms with Gasteiger partial charge < -0.3 is 10.6 Å². The molecule has 1 heterocycles. The SMILES string of the molecule is Cc1c(C(=O)NC2CNC2)cccc1[N+](=O)[O-]. The minimum Gasteiger partial charge on any atom is -0.347 e. The first-order chi connectivity index (χ1) is 8.09. The number of rotatable bonds is 3. The molecule has 0 bridgehead atoms. The number of carbonyl (C=O) groups is 1. The lowest BCUT2D eigenvalue weighted by molar-refractivity contribution is -0.385. The summed E-state index contributed by atoms with van der Waals surface area (Å²) < 4.78 is 0. The van der Waals surface area contributed by atoms with Crippen LogP contribution < -0.4 is 10.6 Å². The van der Waals surface area contributed by atoms with E-state index in [-0.39, 0.29) is 17.6 Å². The summed E-state index contributed by atoms with van der Waals surface area (Å²) in [6.07, 6.45) is 0. The Morgan fingerprint density at radius 3 is 2.76 bits per heavy atom. The summed E-state index contributed by atoms with van der Waals surface area (Å²) in [6, 6.07) is 4.65. The van der Waals surface area contributed by atoms with Crippen molar-refractivity contribution in [3.63, 3.8) is 0 Å². The highest BCUT2D eigenvalue weighted by Crippen LogP contribution is 2.21. The van der Waals surface area contributed by atoms with Gasteiger partial charge in [-0.1, -0.05) is 6.07 Å². The molecule has 6 nitrogen and oxygen atoms in total. The van der Waals surface area contributed by atoms with Crippen LogP contribution >= 0.6 is 0 Å². The van der Waals surface area contributed by atoms with E-state index in [0.717, 1.165) is 13.1 Å². The summed E-state index contributed by atoms with van der Waals surface area (Å²) in [5.41, 5.74) is 0.748. The van der Waals surface area contributed by atoms with Crippen LogP contribution in [0, 0.1) is 17.0 Å². The van der Waals surface area contributed by atoms with E-state index in [2.05, 4.69) is 10.6 Å². The summed E-state index contributed by atoms with van der Waals surface area (Å²) in [5.74, 6) is -0.252. The van der Waals surface area contributed by atoms with Crippen LogP contribution in [0.4, 0.5) is 5.69 Å². The fraction of sp³-hybridized carbons (Fsp3) is 0.364. The molecule has 0 aliphatic carbocycles. The standard InChI is InChI=1S/C11H13N3O3/c1-7-9(3-2-4-10(7)14(16)17)11(15)13-8-5-12-6-8/h2-4,8,12H,5-6H2,1H3,(H,13,15). The van der Waals surface area contributed by atoms with Crippen molar-refractivity contribution in [2.75, 3.05) is 13.1 Å². The van der Waals surface area contributed by atoms with Crippen LogP contribution in [0.1, 0.15) is 15.9 Å². The Morgan fingerprint density at radius 2 is 2.24 bits per heavy atom. The largest absolute Gasteiger partial charge is 0.347 e. The van der Waals surface area contributed by atoms with Gasteiger partial charge in [-0.15, -0.1) is 0 Å². The number of nitro benzene ring substituents is 1. The number of benzene rings is 1. The molecule has 6 heteroatoms. The topological polar surface area (TPSA) is 84.3 Å². The maximum atomic E-state index is 11.9. The molecule has 0 unspecified atom stereocenters. The van der Waals surface area contributed by atoms with Gasteiger partial charge in [-0.2, -0.15) is 0 Å². The zero-order valence-corrected chi connectivity index (χ0v) is 9.40. The molecule has 0 atom stereocenters. The zero-order chi connectivity index (χ0) is 12.4. The Hall–Kier alpha value is -1.95. The lowest BCUT2D eigenvalue weighted by Crippen LogP contribution is -2.57. The van der Waals surface area contributed by atoms with Gasteiger partial charge in [0.25, 0.3) is 11.6 Å². The van der Waals surface area contributed by atoms with Gasteiger partial charge in [0.1, 0.15) is 0 Å². The van der Waals surface area contributed by atoms with Gasteiger partial charge in [0, 0.05) is 30.3 Å². The van der Waals surface area contributed by atoms with Crippen molar-refractivity contribution in [3.8, 4) is 0 Å². The normalized spacial score (nSPS) is 15.1. The second kappa shape index (κ2) is 4.50. The molecule has 1 amide bonds. The molecule has 1 aliphatic heterocycles. The van der Waals surface area contributed by atoms with Crippen molar-refractivity contribution in [1.29, 1.82) is 0 Å². The van der Waals surface area contributed by atoms with Crippen LogP contribution in [-0.2, 0) is 0 Å². The molecule has 2 N–H and O–H groups in total. The Morgan fingerprint density at radius 1 is 1.53 bits per heavy atom. The minimum absolute atomic E-state index is 0.0237. The van der Waals surface area contributed by atoms with E-state index in [9.17, 15) is 14.9 Å². The summed E-state index contributed by atoms with van der Waals surface area (Å²) >= 11 is 0. The Balaban J connectivity index is 2.22. The number of carbonyl (C=O) groups excluding carboxylic acids is 1. The molecular formula is C11H13N3O3. The molecule has 1 aliphatic rings. The van der Waals surface area contributed by atoms with E-state index in [1.54, 1.807) is 13.0 Å². The van der Waals surface area contributed by atoms with Crippen LogP contribution in [-0.4, -0.2) is 30.0 Å². The van der Waals surface area contributed by atoms with Gasteiger partial charge in [0.05, 0.1) is 11.0 Å². The molecule has 1 aromatic carbocycles.